The number of hydrogen-bond donors (Lipinski definition) is 0. The molecule has 1 aromatic heterocycles. The van der Waals surface area contributed by atoms with Gasteiger partial charge in [0.25, 0.3) is 0 Å². The summed E-state index contributed by atoms with van der Waals surface area (Å²) in [4.78, 5) is 4.93. The molecule has 0 radical (unpaired) electrons. The molecule has 0 aliphatic heterocycles. The molecule has 0 atom stereocenters. The maximum Gasteiger partial charge on any atom is 0.0712 e. The van der Waals surface area contributed by atoms with Gasteiger partial charge in [-0.05, 0) is 67.5 Å². The quantitative estimate of drug-likeness (QED) is 0.599. The van der Waals surface area contributed by atoms with Crippen LogP contribution in [0.25, 0.3) is 16.5 Å². The van der Waals surface area contributed by atoms with E-state index in [0.717, 1.165) is 36.2 Å². The molecule has 1 aromatic carbocycles. The molecule has 0 spiro atoms. The third-order valence-corrected chi connectivity index (χ3v) is 6.00. The van der Waals surface area contributed by atoms with Crippen molar-refractivity contribution in [2.45, 2.75) is 65.7 Å². The average Bonchev–Trinajstić information content (AvgIpc) is 2.86. The van der Waals surface area contributed by atoms with Crippen LogP contribution < -0.4 is 0 Å². The number of rotatable bonds is 4. The van der Waals surface area contributed by atoms with Gasteiger partial charge in [-0.1, -0.05) is 44.9 Å². The highest BCUT2D eigenvalue weighted by molar-refractivity contribution is 6.31. The maximum atomic E-state index is 6.32. The van der Waals surface area contributed by atoms with E-state index in [9.17, 15) is 0 Å². The number of pyridine rings is 1. The predicted molar refractivity (Wildman–Crippen MR) is 101 cm³/mol. The third-order valence-electron chi connectivity index (χ3n) is 5.76. The number of hydrogen-bond acceptors (Lipinski definition) is 1. The van der Waals surface area contributed by atoms with Gasteiger partial charge in [-0.25, -0.2) is 0 Å². The van der Waals surface area contributed by atoms with E-state index in [2.05, 4.69) is 46.8 Å². The SMILES string of the molecule is CCC1=C(CC)C(CC)(CC)c2c(C)nc3ccc(Cl)cc3c21. The number of fused-ring (bicyclic) bond motifs is 3. The fourth-order valence-corrected chi connectivity index (χ4v) is 4.99. The second-order valence-electron chi connectivity index (χ2n) is 6.56. The zero-order valence-corrected chi connectivity index (χ0v) is 15.6. The highest BCUT2D eigenvalue weighted by Crippen LogP contribution is 2.55. The minimum atomic E-state index is 0.156. The molecule has 1 aliphatic rings. The topological polar surface area (TPSA) is 12.9 Å². The number of benzene rings is 1. The van der Waals surface area contributed by atoms with Gasteiger partial charge in [0.15, 0.2) is 0 Å². The van der Waals surface area contributed by atoms with Gasteiger partial charge in [0.1, 0.15) is 0 Å². The first-order chi connectivity index (χ1) is 11.0. The van der Waals surface area contributed by atoms with Crippen molar-refractivity contribution >= 4 is 28.1 Å². The molecule has 0 fully saturated rings. The van der Waals surface area contributed by atoms with Crippen LogP contribution >= 0.6 is 11.6 Å². The molecular weight excluding hydrogens is 302 g/mol. The van der Waals surface area contributed by atoms with Crippen molar-refractivity contribution in [3.05, 3.63) is 45.6 Å². The maximum absolute atomic E-state index is 6.32. The van der Waals surface area contributed by atoms with Crippen LogP contribution in [-0.2, 0) is 5.41 Å². The highest BCUT2D eigenvalue weighted by Gasteiger charge is 2.43. The number of nitrogens with zero attached hydrogens (tertiary/aromatic N) is 1. The zero-order valence-electron chi connectivity index (χ0n) is 14.9. The molecule has 0 unspecified atom stereocenters. The fourth-order valence-electron chi connectivity index (χ4n) is 4.82. The largest absolute Gasteiger partial charge is 0.253 e. The standard InChI is InChI=1S/C21H26ClN/c1-6-15-17(7-2)21(8-3,9-4)20-13(5)23-18-11-10-14(22)12-16(18)19(15)20/h10-12H,6-9H2,1-5H3. The van der Waals surface area contributed by atoms with E-state index < -0.39 is 0 Å². The van der Waals surface area contributed by atoms with Gasteiger partial charge in [-0.15, -0.1) is 0 Å². The van der Waals surface area contributed by atoms with E-state index >= 15 is 0 Å². The van der Waals surface area contributed by atoms with Crippen molar-refractivity contribution in [2.75, 3.05) is 0 Å². The zero-order chi connectivity index (χ0) is 16.8. The van der Waals surface area contributed by atoms with E-state index in [1.807, 2.05) is 6.07 Å². The molecule has 0 saturated heterocycles. The van der Waals surface area contributed by atoms with Gasteiger partial charge < -0.3 is 0 Å². The van der Waals surface area contributed by atoms with Crippen LogP contribution in [0, 0.1) is 6.92 Å². The summed E-state index contributed by atoms with van der Waals surface area (Å²) in [5.41, 5.74) is 8.46. The van der Waals surface area contributed by atoms with E-state index in [1.165, 1.54) is 27.8 Å². The van der Waals surface area contributed by atoms with Crippen LogP contribution in [0.2, 0.25) is 5.02 Å². The monoisotopic (exact) mass is 327 g/mol. The Balaban J connectivity index is 2.51. The van der Waals surface area contributed by atoms with Crippen molar-refractivity contribution in [1.82, 2.24) is 4.98 Å². The lowest BCUT2D eigenvalue weighted by molar-refractivity contribution is 0.462. The van der Waals surface area contributed by atoms with Crippen molar-refractivity contribution in [3.8, 4) is 0 Å². The number of aryl methyl sites for hydroxylation is 1. The Morgan fingerprint density at radius 3 is 2.30 bits per heavy atom. The van der Waals surface area contributed by atoms with Gasteiger partial charge in [0.05, 0.1) is 5.52 Å². The smallest absolute Gasteiger partial charge is 0.0712 e. The summed E-state index contributed by atoms with van der Waals surface area (Å²) in [7, 11) is 0. The molecule has 2 aromatic rings. The molecule has 1 nitrogen and oxygen atoms in total. The van der Waals surface area contributed by atoms with E-state index in [0.29, 0.717) is 0 Å². The summed E-state index contributed by atoms with van der Waals surface area (Å²) in [5.74, 6) is 0. The lowest BCUT2D eigenvalue weighted by atomic mass is 9.71. The molecule has 3 rings (SSSR count). The molecule has 2 heteroatoms. The Bertz CT molecular complexity index is 797. The minimum absolute atomic E-state index is 0.156. The molecule has 0 amide bonds. The van der Waals surface area contributed by atoms with Crippen LogP contribution in [0.4, 0.5) is 0 Å². The molecule has 1 heterocycles. The Labute approximate surface area is 144 Å². The third kappa shape index (κ3) is 2.16. The van der Waals surface area contributed by atoms with Gasteiger partial charge in [0.2, 0.25) is 0 Å². The van der Waals surface area contributed by atoms with Gasteiger partial charge >= 0.3 is 0 Å². The molecule has 0 saturated carbocycles. The van der Waals surface area contributed by atoms with Crippen molar-refractivity contribution in [1.29, 1.82) is 0 Å². The van der Waals surface area contributed by atoms with Gasteiger partial charge in [-0.2, -0.15) is 0 Å². The first-order valence-electron chi connectivity index (χ1n) is 8.87. The molecule has 0 bridgehead atoms. The van der Waals surface area contributed by atoms with E-state index in [4.69, 9.17) is 16.6 Å². The molecule has 0 N–H and O–H groups in total. The van der Waals surface area contributed by atoms with E-state index in [-0.39, 0.29) is 5.41 Å². The summed E-state index contributed by atoms with van der Waals surface area (Å²) in [5, 5.41) is 2.02. The number of allylic oxidation sites excluding steroid dienone is 2. The lowest BCUT2D eigenvalue weighted by Crippen LogP contribution is -2.26. The van der Waals surface area contributed by atoms with Crippen LogP contribution in [0.5, 0.6) is 0 Å². The summed E-state index contributed by atoms with van der Waals surface area (Å²) in [6, 6.07) is 6.11. The normalized spacial score (nSPS) is 16.3. The van der Waals surface area contributed by atoms with Gasteiger partial charge in [0, 0.05) is 21.5 Å². The Morgan fingerprint density at radius 1 is 1.04 bits per heavy atom. The number of aromatic nitrogens is 1. The van der Waals surface area contributed by atoms with Crippen LogP contribution in [-0.4, -0.2) is 4.98 Å². The first kappa shape index (κ1) is 16.5. The van der Waals surface area contributed by atoms with E-state index in [1.54, 1.807) is 5.57 Å². The van der Waals surface area contributed by atoms with Crippen molar-refractivity contribution in [2.24, 2.45) is 0 Å². The summed E-state index contributed by atoms with van der Waals surface area (Å²) >= 11 is 6.32. The lowest BCUT2D eigenvalue weighted by Gasteiger charge is -2.33. The van der Waals surface area contributed by atoms with Crippen molar-refractivity contribution < 1.29 is 0 Å². The van der Waals surface area contributed by atoms with Crippen LogP contribution in [0.15, 0.2) is 23.8 Å². The Kier molecular flexibility index (Phi) is 4.27. The van der Waals surface area contributed by atoms with Crippen LogP contribution in [0.3, 0.4) is 0 Å². The van der Waals surface area contributed by atoms with Crippen molar-refractivity contribution in [3.63, 3.8) is 0 Å². The first-order valence-corrected chi connectivity index (χ1v) is 9.24. The number of halogens is 1. The molecule has 1 aliphatic carbocycles. The Morgan fingerprint density at radius 2 is 1.74 bits per heavy atom. The molecule has 23 heavy (non-hydrogen) atoms. The average molecular weight is 328 g/mol. The Hall–Kier alpha value is -1.34. The second kappa shape index (κ2) is 5.94. The highest BCUT2D eigenvalue weighted by atomic mass is 35.5. The molecular formula is C21H26ClN. The fraction of sp³-hybridized carbons (Fsp3) is 0.476. The minimum Gasteiger partial charge on any atom is -0.253 e. The molecule has 122 valence electrons. The van der Waals surface area contributed by atoms with Gasteiger partial charge in [-0.3, -0.25) is 4.98 Å². The van der Waals surface area contributed by atoms with Crippen LogP contribution in [0.1, 0.15) is 70.2 Å². The summed E-state index contributed by atoms with van der Waals surface area (Å²) in [6.07, 6.45) is 4.46. The summed E-state index contributed by atoms with van der Waals surface area (Å²) in [6.45, 7) is 11.4. The summed E-state index contributed by atoms with van der Waals surface area (Å²) < 4.78 is 0. The predicted octanol–water partition coefficient (Wildman–Crippen LogP) is 6.84. The second-order valence-corrected chi connectivity index (χ2v) is 7.00.